The van der Waals surface area contributed by atoms with Gasteiger partial charge in [-0.2, -0.15) is 0 Å². The second-order valence-corrected chi connectivity index (χ2v) is 0. The van der Waals surface area contributed by atoms with Crippen LogP contribution in [0.15, 0.2) is 0 Å². The van der Waals surface area contributed by atoms with Gasteiger partial charge in [0, 0.05) is 73.0 Å². The molecule has 0 unspecified atom stereocenters. The SMILES string of the molecule is C#N.C#N.C#N.C#N.C#N.C#N.[Fe].[Ni].[RbH]. The maximum atomic E-state index is 6.50. The Morgan fingerprint density at radius 2 is 0.400 bits per heavy atom. The molecule has 0 saturated carbocycles. The summed E-state index contributed by atoms with van der Waals surface area (Å²) in [6.07, 6.45) is 0. The van der Waals surface area contributed by atoms with Gasteiger partial charge in [0.15, 0.2) is 0 Å². The van der Waals surface area contributed by atoms with Gasteiger partial charge in [-0.05, 0) is 0 Å². The van der Waals surface area contributed by atoms with E-state index in [-0.39, 0.29) is 91.7 Å². The van der Waals surface area contributed by atoms with Crippen LogP contribution < -0.4 is 0 Å². The molecule has 0 fully saturated rings. The second kappa shape index (κ2) is 38300. The van der Waals surface area contributed by atoms with Crippen LogP contribution in [0.5, 0.6) is 0 Å². The van der Waals surface area contributed by atoms with Crippen LogP contribution in [0.25, 0.3) is 0 Å². The van der Waals surface area contributed by atoms with Crippen LogP contribution in [0.3, 0.4) is 0 Å². The van der Waals surface area contributed by atoms with E-state index in [4.69, 9.17) is 31.6 Å². The standard InChI is InChI=1S/6CHN.Fe.Ni.Rb.H/c6*1-2;;;;/h6*1H;;;;. The minimum atomic E-state index is 0. The van der Waals surface area contributed by atoms with Crippen molar-refractivity contribution in [2.75, 3.05) is 0 Å². The number of hydrogen-bond acceptors (Lipinski definition) is 6. The van der Waals surface area contributed by atoms with Crippen LogP contribution in [-0.2, 0) is 33.6 Å². The molecule has 6 nitrogen and oxygen atoms in total. The average Bonchev–Trinajstić information content (AvgIpc) is 2.33. The molecule has 0 aliphatic rings. The van der Waals surface area contributed by atoms with Crippen LogP contribution in [0, 0.1) is 71.0 Å². The van der Waals surface area contributed by atoms with Gasteiger partial charge in [0.25, 0.3) is 0 Å². The fourth-order valence-electron chi connectivity index (χ4n) is 0. The Morgan fingerprint density at radius 3 is 0.400 bits per heavy atom. The summed E-state index contributed by atoms with van der Waals surface area (Å²) in [5.74, 6) is 0. The summed E-state index contributed by atoms with van der Waals surface area (Å²) in [7, 11) is 0. The summed E-state index contributed by atoms with van der Waals surface area (Å²) in [4.78, 5) is 0. The summed E-state index contributed by atoms with van der Waals surface area (Å²) in [6, 6.07) is 0. The van der Waals surface area contributed by atoms with Gasteiger partial charge in [-0.3, -0.25) is 0 Å². The number of nitrogens with zero attached hydrogens (tertiary/aromatic N) is 6. The topological polar surface area (TPSA) is 143 Å². The molecule has 0 atom stereocenters. The van der Waals surface area contributed by atoms with Crippen LogP contribution in [0.4, 0.5) is 0 Å². The first-order chi connectivity index (χ1) is 6.00. The van der Waals surface area contributed by atoms with E-state index in [2.05, 4.69) is 39.4 Å². The Hall–Kier alpha value is -0.242. The number of rotatable bonds is 0. The van der Waals surface area contributed by atoms with Crippen molar-refractivity contribution in [1.29, 1.82) is 31.6 Å². The summed E-state index contributed by atoms with van der Waals surface area (Å²) in [5, 5.41) is 39.0. The monoisotopic (exact) mass is 362 g/mol. The van der Waals surface area contributed by atoms with E-state index in [0.29, 0.717) is 0 Å². The Bertz CT molecular complexity index is 103. The summed E-state index contributed by atoms with van der Waals surface area (Å²) in [5.41, 5.74) is 0. The number of nitriles is 6. The first kappa shape index (κ1) is 84.3. The zero-order valence-corrected chi connectivity index (χ0v) is 8.91. The van der Waals surface area contributed by atoms with Crippen molar-refractivity contribution in [3.05, 3.63) is 0 Å². The van der Waals surface area contributed by atoms with Crippen LogP contribution in [0.1, 0.15) is 0 Å². The van der Waals surface area contributed by atoms with Gasteiger partial charge < -0.3 is 0 Å². The molecule has 0 amide bonds. The summed E-state index contributed by atoms with van der Waals surface area (Å²) >= 11 is 0. The molecule has 0 aliphatic heterocycles. The molecule has 0 rings (SSSR count). The quantitative estimate of drug-likeness (QED) is 0.562. The number of hydrogen-bond donors (Lipinski definition) is 0. The van der Waals surface area contributed by atoms with Crippen molar-refractivity contribution in [3.63, 3.8) is 0 Å². The molecule has 9 heteroatoms. The first-order valence-electron chi connectivity index (χ1n) is 1.55. The molecule has 0 spiro atoms. The maximum absolute atomic E-state index is 6.50. The van der Waals surface area contributed by atoms with Gasteiger partial charge >= 0.3 is 58.2 Å². The molecule has 80 valence electrons. The molecule has 0 aromatic carbocycles. The zero-order valence-electron chi connectivity index (χ0n) is 6.82. The second-order valence-electron chi connectivity index (χ2n) is 0. The third-order valence-electron chi connectivity index (χ3n) is 0. The zero-order chi connectivity index (χ0) is 12.0. The van der Waals surface area contributed by atoms with Crippen LogP contribution >= 0.6 is 0 Å². The van der Waals surface area contributed by atoms with Crippen LogP contribution in [-0.4, -0.2) is 58.2 Å². The molecular weight excluding hydrogens is 356 g/mol. The third-order valence-corrected chi connectivity index (χ3v) is 0. The molecule has 0 aliphatic carbocycles. The van der Waals surface area contributed by atoms with Crippen molar-refractivity contribution in [2.45, 2.75) is 0 Å². The van der Waals surface area contributed by atoms with Crippen molar-refractivity contribution >= 4 is 58.2 Å². The average molecular weight is 363 g/mol. The normalized spacial score (nSPS) is 0.800. The molecule has 0 bridgehead atoms. The van der Waals surface area contributed by atoms with Gasteiger partial charge in [-0.1, -0.05) is 0 Å². The summed E-state index contributed by atoms with van der Waals surface area (Å²) in [6.45, 7) is 21.0. The van der Waals surface area contributed by atoms with E-state index in [9.17, 15) is 0 Å². The first-order valence-corrected chi connectivity index (χ1v) is 1.55. The van der Waals surface area contributed by atoms with Gasteiger partial charge in [0.05, 0.1) is 0 Å². The molecule has 0 heterocycles. The van der Waals surface area contributed by atoms with Gasteiger partial charge in [-0.15, -0.1) is 0 Å². The van der Waals surface area contributed by atoms with E-state index < -0.39 is 0 Å². The molecule has 0 radical (unpaired) electrons. The van der Waals surface area contributed by atoms with Crippen molar-refractivity contribution < 1.29 is 33.6 Å². The molecule has 0 aromatic heterocycles. The van der Waals surface area contributed by atoms with Crippen LogP contribution in [0.2, 0.25) is 0 Å². The third kappa shape index (κ3) is 32500. The van der Waals surface area contributed by atoms with Crippen molar-refractivity contribution in [1.82, 2.24) is 0 Å². The minimum absolute atomic E-state index is 0. The Kier molecular flexibility index (Phi) is 215000. The Balaban J connectivity index is -0.00000000396. The molecular formula is C6H7FeN6NiRb. The predicted octanol–water partition coefficient (Wildman–Crippen LogP) is 0.185. The Morgan fingerprint density at radius 1 is 0.400 bits per heavy atom. The molecule has 0 saturated heterocycles. The fraction of sp³-hybridized carbons (Fsp3) is 0. The molecule has 0 aromatic rings. The van der Waals surface area contributed by atoms with Crippen molar-refractivity contribution in [2.24, 2.45) is 0 Å². The molecule has 15 heavy (non-hydrogen) atoms. The van der Waals surface area contributed by atoms with E-state index in [1.165, 1.54) is 0 Å². The predicted molar refractivity (Wildman–Crippen MR) is 47.2 cm³/mol. The van der Waals surface area contributed by atoms with Gasteiger partial charge in [-0.25, -0.2) is 31.6 Å². The van der Waals surface area contributed by atoms with E-state index in [0.717, 1.165) is 0 Å². The van der Waals surface area contributed by atoms with E-state index >= 15 is 0 Å². The fourth-order valence-corrected chi connectivity index (χ4v) is 0. The van der Waals surface area contributed by atoms with Gasteiger partial charge in [0.2, 0.25) is 0 Å². The van der Waals surface area contributed by atoms with E-state index in [1.54, 1.807) is 0 Å². The van der Waals surface area contributed by atoms with E-state index in [1.807, 2.05) is 0 Å². The van der Waals surface area contributed by atoms with Gasteiger partial charge in [0.1, 0.15) is 0 Å². The summed E-state index contributed by atoms with van der Waals surface area (Å²) < 4.78 is 0. The van der Waals surface area contributed by atoms with Crippen molar-refractivity contribution in [3.8, 4) is 39.4 Å². The molecule has 0 N–H and O–H groups in total. The Labute approximate surface area is 160 Å².